The molecule has 2 aromatic rings. The third kappa shape index (κ3) is 4.77. The van der Waals surface area contributed by atoms with Crippen molar-refractivity contribution in [3.8, 4) is 6.07 Å². The lowest BCUT2D eigenvalue weighted by Crippen LogP contribution is -2.57. The number of carboxylic acid groups (broad SMARTS) is 1. The van der Waals surface area contributed by atoms with Gasteiger partial charge >= 0.3 is 12.1 Å². The largest absolute Gasteiger partial charge is 0.481 e. The minimum absolute atomic E-state index is 0.120. The summed E-state index contributed by atoms with van der Waals surface area (Å²) in [5.74, 6) is -4.00. The van der Waals surface area contributed by atoms with Gasteiger partial charge in [0, 0.05) is 18.7 Å². The number of halogens is 4. The smallest absolute Gasteiger partial charge is 0.416 e. The molecule has 0 bridgehead atoms. The molecule has 0 amide bonds. The first-order valence-electron chi connectivity index (χ1n) is 10.6. The lowest BCUT2D eigenvalue weighted by atomic mass is 9.62. The predicted molar refractivity (Wildman–Crippen MR) is 116 cm³/mol. The number of allylic oxidation sites excluding steroid dienone is 2. The molecular formula is C25H24F4N2O3. The van der Waals surface area contributed by atoms with Gasteiger partial charge < -0.3 is 15.2 Å². The zero-order chi connectivity index (χ0) is 25.1. The van der Waals surface area contributed by atoms with E-state index in [1.54, 1.807) is 0 Å². The molecule has 9 heteroatoms. The summed E-state index contributed by atoms with van der Waals surface area (Å²) in [7, 11) is 1.35. The molecule has 0 radical (unpaired) electrons. The highest BCUT2D eigenvalue weighted by atomic mass is 19.4. The van der Waals surface area contributed by atoms with Gasteiger partial charge in [-0.3, -0.25) is 4.79 Å². The highest BCUT2D eigenvalue weighted by Crippen LogP contribution is 2.51. The Bertz CT molecular complexity index is 1130. The standard InChI is InChI=1S/C25H24F4N2O3/c1-24(23(32)33)21(14-34-2)31-20(11-8-15-6-4-3-5-7-15)18(13-30)22(24)17-10-9-16(26)12-19(17)25(27,28)29/h3-7,9-10,12,21-22,31H,8,11,14H2,1-2H3,(H,32,33). The predicted octanol–water partition coefficient (Wildman–Crippen LogP) is 5.05. The number of hydrogen-bond acceptors (Lipinski definition) is 4. The fourth-order valence-electron chi connectivity index (χ4n) is 4.52. The maximum Gasteiger partial charge on any atom is 0.416 e. The molecule has 2 aromatic carbocycles. The molecule has 180 valence electrons. The number of aryl methyl sites for hydroxylation is 1. The van der Waals surface area contributed by atoms with Crippen molar-refractivity contribution in [2.75, 3.05) is 13.7 Å². The molecule has 34 heavy (non-hydrogen) atoms. The lowest BCUT2D eigenvalue weighted by Gasteiger charge is -2.46. The molecule has 0 aromatic heterocycles. The molecule has 5 nitrogen and oxygen atoms in total. The third-order valence-electron chi connectivity index (χ3n) is 6.34. The number of alkyl halides is 3. The second kappa shape index (κ2) is 9.85. The van der Waals surface area contributed by atoms with Crippen molar-refractivity contribution in [3.05, 3.63) is 82.3 Å². The van der Waals surface area contributed by atoms with Crippen LogP contribution in [0.4, 0.5) is 17.6 Å². The average Bonchev–Trinajstić information content (AvgIpc) is 2.79. The van der Waals surface area contributed by atoms with E-state index >= 15 is 0 Å². The van der Waals surface area contributed by atoms with Gasteiger partial charge in [-0.1, -0.05) is 36.4 Å². The first-order chi connectivity index (χ1) is 16.0. The topological polar surface area (TPSA) is 82.3 Å². The van der Waals surface area contributed by atoms with Crippen molar-refractivity contribution < 1.29 is 32.2 Å². The van der Waals surface area contributed by atoms with Crippen LogP contribution in [0.1, 0.15) is 36.0 Å². The van der Waals surface area contributed by atoms with Crippen molar-refractivity contribution in [1.29, 1.82) is 5.26 Å². The normalized spacial score (nSPS) is 22.7. The summed E-state index contributed by atoms with van der Waals surface area (Å²) >= 11 is 0. The number of nitrogens with zero attached hydrogens (tertiary/aromatic N) is 1. The molecule has 0 fully saturated rings. The Morgan fingerprint density at radius 2 is 1.88 bits per heavy atom. The molecule has 0 saturated heterocycles. The molecule has 1 aliphatic rings. The van der Waals surface area contributed by atoms with Crippen LogP contribution in [-0.4, -0.2) is 30.8 Å². The lowest BCUT2D eigenvalue weighted by molar-refractivity contribution is -0.153. The second-order valence-corrected chi connectivity index (χ2v) is 8.39. The second-order valence-electron chi connectivity index (χ2n) is 8.39. The van der Waals surface area contributed by atoms with Crippen LogP contribution in [0.3, 0.4) is 0 Å². The number of ether oxygens (including phenoxy) is 1. The van der Waals surface area contributed by atoms with E-state index in [1.807, 2.05) is 36.4 Å². The van der Waals surface area contributed by atoms with Crippen molar-refractivity contribution >= 4 is 5.97 Å². The number of aliphatic carboxylic acids is 1. The van der Waals surface area contributed by atoms with E-state index in [4.69, 9.17) is 4.74 Å². The third-order valence-corrected chi connectivity index (χ3v) is 6.34. The van der Waals surface area contributed by atoms with Gasteiger partial charge in [0.2, 0.25) is 0 Å². The first kappa shape index (κ1) is 25.2. The Kier molecular flexibility index (Phi) is 7.32. The summed E-state index contributed by atoms with van der Waals surface area (Å²) < 4.78 is 60.8. The van der Waals surface area contributed by atoms with Gasteiger partial charge in [0.1, 0.15) is 5.82 Å². The van der Waals surface area contributed by atoms with Crippen LogP contribution in [0.5, 0.6) is 0 Å². The van der Waals surface area contributed by atoms with Gasteiger partial charge in [-0.15, -0.1) is 0 Å². The van der Waals surface area contributed by atoms with Crippen molar-refractivity contribution in [1.82, 2.24) is 5.32 Å². The van der Waals surface area contributed by atoms with Crippen LogP contribution in [0, 0.1) is 22.6 Å². The van der Waals surface area contributed by atoms with Crippen LogP contribution in [0.2, 0.25) is 0 Å². The molecule has 2 N–H and O–H groups in total. The Balaban J connectivity index is 2.25. The van der Waals surface area contributed by atoms with E-state index in [0.717, 1.165) is 17.7 Å². The number of benzene rings is 2. The molecule has 1 aliphatic heterocycles. The van der Waals surface area contributed by atoms with Gasteiger partial charge in [-0.25, -0.2) is 4.39 Å². The number of methoxy groups -OCH3 is 1. The molecule has 1 heterocycles. The number of nitrogens with one attached hydrogen (secondary N) is 1. The van der Waals surface area contributed by atoms with Crippen molar-refractivity contribution in [3.63, 3.8) is 0 Å². The van der Waals surface area contributed by atoms with Crippen LogP contribution in [0.15, 0.2) is 59.8 Å². The Morgan fingerprint density at radius 3 is 2.44 bits per heavy atom. The van der Waals surface area contributed by atoms with Crippen LogP contribution >= 0.6 is 0 Å². The van der Waals surface area contributed by atoms with Crippen LogP contribution in [-0.2, 0) is 22.1 Å². The quantitative estimate of drug-likeness (QED) is 0.547. The van der Waals surface area contributed by atoms with Crippen LogP contribution in [0.25, 0.3) is 0 Å². The van der Waals surface area contributed by atoms with E-state index < -0.39 is 46.5 Å². The van der Waals surface area contributed by atoms with Crippen LogP contribution < -0.4 is 5.32 Å². The van der Waals surface area contributed by atoms with E-state index in [2.05, 4.69) is 5.32 Å². The number of carbonyl (C=O) groups is 1. The zero-order valence-electron chi connectivity index (χ0n) is 18.6. The van der Waals surface area contributed by atoms with Crippen molar-refractivity contribution in [2.24, 2.45) is 5.41 Å². The van der Waals surface area contributed by atoms with Gasteiger partial charge in [0.25, 0.3) is 0 Å². The minimum atomic E-state index is -4.96. The molecule has 0 spiro atoms. The SMILES string of the molecule is COCC1NC(CCc2ccccc2)=C(C#N)C(c2ccc(F)cc2C(F)(F)F)C1(C)C(=O)O. The Hall–Kier alpha value is -3.38. The van der Waals surface area contributed by atoms with Gasteiger partial charge in [-0.2, -0.15) is 18.4 Å². The first-order valence-corrected chi connectivity index (χ1v) is 10.6. The average molecular weight is 476 g/mol. The maximum atomic E-state index is 13.9. The molecule has 3 rings (SSSR count). The Morgan fingerprint density at radius 1 is 1.21 bits per heavy atom. The fraction of sp³-hybridized carbons (Fsp3) is 0.360. The van der Waals surface area contributed by atoms with Crippen molar-refractivity contribution in [2.45, 2.75) is 37.9 Å². The summed E-state index contributed by atoms with van der Waals surface area (Å²) in [4.78, 5) is 12.5. The monoisotopic (exact) mass is 476 g/mol. The summed E-state index contributed by atoms with van der Waals surface area (Å²) in [5, 5.41) is 23.3. The highest BCUT2D eigenvalue weighted by molar-refractivity contribution is 5.79. The summed E-state index contributed by atoms with van der Waals surface area (Å²) in [6, 6.07) is 12.4. The number of carboxylic acids is 1. The fourth-order valence-corrected chi connectivity index (χ4v) is 4.52. The number of nitriles is 1. The molecule has 3 unspecified atom stereocenters. The van der Waals surface area contributed by atoms with E-state index in [0.29, 0.717) is 18.2 Å². The zero-order valence-corrected chi connectivity index (χ0v) is 18.6. The van der Waals surface area contributed by atoms with Gasteiger partial charge in [-0.05, 0) is 43.0 Å². The summed E-state index contributed by atoms with van der Waals surface area (Å²) in [6.45, 7) is 1.15. The molecule has 3 atom stereocenters. The maximum absolute atomic E-state index is 13.9. The minimum Gasteiger partial charge on any atom is -0.481 e. The highest BCUT2D eigenvalue weighted by Gasteiger charge is 2.55. The van der Waals surface area contributed by atoms with E-state index in [-0.39, 0.29) is 18.6 Å². The van der Waals surface area contributed by atoms with Gasteiger partial charge in [0.15, 0.2) is 0 Å². The molecule has 0 aliphatic carbocycles. The number of rotatable bonds is 7. The van der Waals surface area contributed by atoms with E-state index in [1.165, 1.54) is 14.0 Å². The number of hydrogen-bond donors (Lipinski definition) is 2. The summed E-state index contributed by atoms with van der Waals surface area (Å²) in [6.07, 6.45) is -4.22. The Labute approximate surface area is 194 Å². The van der Waals surface area contributed by atoms with Gasteiger partial charge in [0.05, 0.1) is 35.3 Å². The van der Waals surface area contributed by atoms with E-state index in [9.17, 15) is 32.7 Å². The summed E-state index contributed by atoms with van der Waals surface area (Å²) in [5.41, 5.74) is -2.50. The molecular weight excluding hydrogens is 452 g/mol. The molecule has 0 saturated carbocycles.